The molecular weight excluding hydrogens is 292 g/mol. The number of carbonyl (C=O) groups excluding carboxylic acids is 1. The monoisotopic (exact) mass is 308 g/mol. The van der Waals surface area contributed by atoms with Crippen LogP contribution in [-0.4, -0.2) is 21.1 Å². The Balaban J connectivity index is 1.83. The molecule has 1 heterocycles. The summed E-state index contributed by atoms with van der Waals surface area (Å²) >= 11 is 1.47. The van der Waals surface area contributed by atoms with Gasteiger partial charge in [-0.15, -0.1) is 6.58 Å². The van der Waals surface area contributed by atoms with E-state index >= 15 is 0 Å². The number of Topliss-reactive ketones (excluding diaryl/α,β-unsaturated/α-hetero) is 1. The van der Waals surface area contributed by atoms with Crippen LogP contribution in [0.25, 0.3) is 11.0 Å². The van der Waals surface area contributed by atoms with Crippen LogP contribution in [0.4, 0.5) is 0 Å². The minimum atomic E-state index is 0.114. The molecule has 22 heavy (non-hydrogen) atoms. The number of benzene rings is 2. The standard InChI is InChI=1S/C18H16N2OS/c1-2-12-20-16-11-7-6-10-15(16)19-18(20)22-13-17(21)14-8-4-3-5-9-14/h2-11H,1,12-13H2. The van der Waals surface area contributed by atoms with E-state index in [0.29, 0.717) is 12.3 Å². The fourth-order valence-electron chi connectivity index (χ4n) is 2.31. The Kier molecular flexibility index (Phi) is 4.39. The highest BCUT2D eigenvalue weighted by molar-refractivity contribution is 7.99. The number of rotatable bonds is 6. The SMILES string of the molecule is C=CCn1c(SCC(=O)c2ccccc2)nc2ccccc21. The van der Waals surface area contributed by atoms with E-state index in [1.54, 1.807) is 0 Å². The third-order valence-corrected chi connectivity index (χ3v) is 4.34. The molecule has 3 nitrogen and oxygen atoms in total. The molecule has 0 fully saturated rings. The first-order valence-electron chi connectivity index (χ1n) is 7.07. The lowest BCUT2D eigenvalue weighted by atomic mass is 10.2. The van der Waals surface area contributed by atoms with Crippen LogP contribution in [0, 0.1) is 0 Å². The molecule has 0 aliphatic carbocycles. The highest BCUT2D eigenvalue weighted by Gasteiger charge is 2.12. The van der Waals surface area contributed by atoms with Crippen LogP contribution in [0.1, 0.15) is 10.4 Å². The molecule has 1 aromatic heterocycles. The van der Waals surface area contributed by atoms with Gasteiger partial charge in [0.15, 0.2) is 10.9 Å². The Morgan fingerprint density at radius 2 is 1.86 bits per heavy atom. The van der Waals surface area contributed by atoms with Crippen LogP contribution in [0.15, 0.2) is 72.4 Å². The Morgan fingerprint density at radius 1 is 1.14 bits per heavy atom. The number of hydrogen-bond acceptors (Lipinski definition) is 3. The Labute approximate surface area is 133 Å². The Morgan fingerprint density at radius 3 is 2.64 bits per heavy atom. The van der Waals surface area contributed by atoms with Crippen LogP contribution in [0.2, 0.25) is 0 Å². The molecule has 2 aromatic carbocycles. The van der Waals surface area contributed by atoms with Gasteiger partial charge in [0.25, 0.3) is 0 Å². The van der Waals surface area contributed by atoms with E-state index < -0.39 is 0 Å². The van der Waals surface area contributed by atoms with Crippen LogP contribution < -0.4 is 0 Å². The number of thioether (sulfide) groups is 1. The topological polar surface area (TPSA) is 34.9 Å². The molecule has 0 bridgehead atoms. The quantitative estimate of drug-likeness (QED) is 0.389. The van der Waals surface area contributed by atoms with E-state index in [1.807, 2.05) is 60.7 Å². The number of aromatic nitrogens is 2. The predicted octanol–water partition coefficient (Wildman–Crippen LogP) is 4.20. The lowest BCUT2D eigenvalue weighted by Gasteiger charge is -2.05. The maximum Gasteiger partial charge on any atom is 0.173 e. The number of imidazole rings is 1. The van der Waals surface area contributed by atoms with E-state index in [1.165, 1.54) is 11.8 Å². The molecule has 3 rings (SSSR count). The lowest BCUT2D eigenvalue weighted by molar-refractivity contribution is 0.102. The first kappa shape index (κ1) is 14.6. The second-order valence-corrected chi connectivity index (χ2v) is 5.80. The second kappa shape index (κ2) is 6.62. The molecule has 0 saturated heterocycles. The molecule has 0 spiro atoms. The van der Waals surface area contributed by atoms with E-state index in [9.17, 15) is 4.79 Å². The van der Waals surface area contributed by atoms with Crippen molar-refractivity contribution in [3.8, 4) is 0 Å². The molecule has 0 unspecified atom stereocenters. The lowest BCUT2D eigenvalue weighted by Crippen LogP contribution is -2.04. The largest absolute Gasteiger partial charge is 0.315 e. The normalized spacial score (nSPS) is 10.7. The third kappa shape index (κ3) is 2.97. The van der Waals surface area contributed by atoms with Crippen molar-refractivity contribution in [2.24, 2.45) is 0 Å². The molecule has 0 radical (unpaired) electrons. The smallest absolute Gasteiger partial charge is 0.173 e. The van der Waals surface area contributed by atoms with Gasteiger partial charge in [0.05, 0.1) is 16.8 Å². The van der Waals surface area contributed by atoms with E-state index in [4.69, 9.17) is 0 Å². The number of ketones is 1. The summed E-state index contributed by atoms with van der Waals surface area (Å²) in [5.74, 6) is 0.493. The number of fused-ring (bicyclic) bond motifs is 1. The molecule has 0 atom stereocenters. The fraction of sp³-hybridized carbons (Fsp3) is 0.111. The summed E-state index contributed by atoms with van der Waals surface area (Å²) in [6, 6.07) is 17.3. The molecule has 0 amide bonds. The van der Waals surface area contributed by atoms with Gasteiger partial charge in [0.1, 0.15) is 0 Å². The maximum absolute atomic E-state index is 12.2. The van der Waals surface area contributed by atoms with Gasteiger partial charge in [-0.25, -0.2) is 4.98 Å². The van der Waals surface area contributed by atoms with Gasteiger partial charge in [0.2, 0.25) is 0 Å². The van der Waals surface area contributed by atoms with Gasteiger partial charge in [-0.2, -0.15) is 0 Å². The minimum absolute atomic E-state index is 0.114. The van der Waals surface area contributed by atoms with E-state index in [-0.39, 0.29) is 5.78 Å². The number of nitrogens with zero attached hydrogens (tertiary/aromatic N) is 2. The van der Waals surface area contributed by atoms with Crippen molar-refractivity contribution in [2.45, 2.75) is 11.7 Å². The van der Waals surface area contributed by atoms with Crippen molar-refractivity contribution in [2.75, 3.05) is 5.75 Å². The molecule has 3 aromatic rings. The average molecular weight is 308 g/mol. The second-order valence-electron chi connectivity index (χ2n) is 4.86. The molecule has 110 valence electrons. The summed E-state index contributed by atoms with van der Waals surface area (Å²) in [5, 5.41) is 0.852. The summed E-state index contributed by atoms with van der Waals surface area (Å²) in [6.07, 6.45) is 1.84. The summed E-state index contributed by atoms with van der Waals surface area (Å²) in [7, 11) is 0. The van der Waals surface area contributed by atoms with Crippen molar-refractivity contribution in [1.29, 1.82) is 0 Å². The summed E-state index contributed by atoms with van der Waals surface area (Å²) < 4.78 is 2.09. The zero-order valence-corrected chi connectivity index (χ0v) is 12.9. The average Bonchev–Trinajstić information content (AvgIpc) is 2.92. The highest BCUT2D eigenvalue weighted by atomic mass is 32.2. The summed E-state index contributed by atoms with van der Waals surface area (Å²) in [5.41, 5.74) is 2.75. The molecular formula is C18H16N2OS. The van der Waals surface area contributed by atoms with Crippen molar-refractivity contribution < 1.29 is 4.79 Å². The zero-order valence-electron chi connectivity index (χ0n) is 12.1. The van der Waals surface area contributed by atoms with Crippen molar-refractivity contribution in [1.82, 2.24) is 9.55 Å². The van der Waals surface area contributed by atoms with Crippen molar-refractivity contribution in [3.05, 3.63) is 72.8 Å². The predicted molar refractivity (Wildman–Crippen MR) is 91.4 cm³/mol. The van der Waals surface area contributed by atoms with Crippen molar-refractivity contribution in [3.63, 3.8) is 0 Å². The minimum Gasteiger partial charge on any atom is -0.315 e. The Bertz CT molecular complexity index is 808. The number of carbonyl (C=O) groups is 1. The zero-order chi connectivity index (χ0) is 15.4. The van der Waals surface area contributed by atoms with Gasteiger partial charge in [0, 0.05) is 12.1 Å². The highest BCUT2D eigenvalue weighted by Crippen LogP contribution is 2.24. The van der Waals surface area contributed by atoms with E-state index in [2.05, 4.69) is 16.1 Å². The number of allylic oxidation sites excluding steroid dienone is 1. The van der Waals surface area contributed by atoms with Gasteiger partial charge >= 0.3 is 0 Å². The van der Waals surface area contributed by atoms with E-state index in [0.717, 1.165) is 21.8 Å². The molecule has 4 heteroatoms. The van der Waals surface area contributed by atoms with Crippen molar-refractivity contribution >= 4 is 28.6 Å². The first-order valence-corrected chi connectivity index (χ1v) is 8.05. The number of hydrogen-bond donors (Lipinski definition) is 0. The molecule has 0 N–H and O–H groups in total. The van der Waals surface area contributed by atoms with Gasteiger partial charge < -0.3 is 4.57 Å². The van der Waals surface area contributed by atoms with Gasteiger partial charge in [-0.3, -0.25) is 4.79 Å². The van der Waals surface area contributed by atoms with Crippen LogP contribution in [-0.2, 0) is 6.54 Å². The van der Waals surface area contributed by atoms with Gasteiger partial charge in [-0.1, -0.05) is 60.3 Å². The third-order valence-electron chi connectivity index (χ3n) is 3.36. The van der Waals surface area contributed by atoms with Crippen LogP contribution in [0.3, 0.4) is 0 Å². The summed E-state index contributed by atoms with van der Waals surface area (Å²) in [4.78, 5) is 16.8. The first-order chi connectivity index (χ1) is 10.8. The fourth-order valence-corrected chi connectivity index (χ4v) is 3.23. The summed E-state index contributed by atoms with van der Waals surface area (Å²) in [6.45, 7) is 4.48. The van der Waals surface area contributed by atoms with Gasteiger partial charge in [-0.05, 0) is 12.1 Å². The maximum atomic E-state index is 12.2. The molecule has 0 aliphatic rings. The van der Waals surface area contributed by atoms with Crippen LogP contribution in [0.5, 0.6) is 0 Å². The number of para-hydroxylation sites is 2. The van der Waals surface area contributed by atoms with Crippen LogP contribution >= 0.6 is 11.8 Å². The Hall–Kier alpha value is -2.33. The molecule has 0 saturated carbocycles. The molecule has 0 aliphatic heterocycles.